The first kappa shape index (κ1) is 12.8. The third-order valence-corrected chi connectivity index (χ3v) is 3.27. The summed E-state index contributed by atoms with van der Waals surface area (Å²) < 4.78 is 15.1. The van der Waals surface area contributed by atoms with Gasteiger partial charge < -0.3 is 0 Å². The minimum atomic E-state index is -0.389. The number of hydrogen-bond acceptors (Lipinski definition) is 1. The number of amides is 1. The van der Waals surface area contributed by atoms with Gasteiger partial charge in [0.15, 0.2) is 0 Å². The van der Waals surface area contributed by atoms with Crippen molar-refractivity contribution in [3.8, 4) is 0 Å². The Morgan fingerprint density at radius 1 is 1.22 bits per heavy atom. The molecular weight excluding hydrogens is 299 g/mol. The Hall–Kier alpha value is -1.62. The van der Waals surface area contributed by atoms with Gasteiger partial charge in [0.1, 0.15) is 5.82 Å². The highest BCUT2D eigenvalue weighted by atomic mass is 79.9. The highest BCUT2D eigenvalue weighted by Gasteiger charge is 2.10. The van der Waals surface area contributed by atoms with E-state index in [0.717, 1.165) is 11.4 Å². The number of nitrogens with zero attached hydrogens (tertiary/aromatic N) is 1. The van der Waals surface area contributed by atoms with E-state index in [-0.39, 0.29) is 16.2 Å². The molecule has 0 bridgehead atoms. The molecule has 5 heteroatoms. The van der Waals surface area contributed by atoms with Crippen molar-refractivity contribution in [3.63, 3.8) is 0 Å². The second-order valence-electron chi connectivity index (χ2n) is 4.02. The van der Waals surface area contributed by atoms with Gasteiger partial charge in [-0.15, -0.1) is 0 Å². The topological polar surface area (TPSA) is 34.0 Å². The van der Waals surface area contributed by atoms with Crippen LogP contribution in [0.25, 0.3) is 0 Å². The molecule has 0 aliphatic heterocycles. The fourth-order valence-corrected chi connectivity index (χ4v) is 2.03. The summed E-state index contributed by atoms with van der Waals surface area (Å²) in [7, 11) is 0. The molecular formula is C13H12BrFN2O. The zero-order chi connectivity index (χ0) is 13.3. The normalized spacial score (nSPS) is 10.4. The molecule has 1 N–H and O–H groups in total. The molecule has 1 aromatic carbocycles. The number of benzene rings is 1. The fourth-order valence-electron chi connectivity index (χ4n) is 1.65. The summed E-state index contributed by atoms with van der Waals surface area (Å²) in [5, 5.41) is 0. The molecule has 0 saturated heterocycles. The number of carbonyl (C=O) groups excluding carboxylic acids is 1. The summed E-state index contributed by atoms with van der Waals surface area (Å²) in [5.41, 5.74) is 5.02. The molecule has 18 heavy (non-hydrogen) atoms. The van der Waals surface area contributed by atoms with Crippen molar-refractivity contribution in [3.05, 3.63) is 57.6 Å². The van der Waals surface area contributed by atoms with Crippen LogP contribution >= 0.6 is 15.9 Å². The molecule has 3 nitrogen and oxygen atoms in total. The first-order chi connectivity index (χ1) is 8.49. The van der Waals surface area contributed by atoms with Crippen molar-refractivity contribution < 1.29 is 9.18 Å². The van der Waals surface area contributed by atoms with E-state index in [2.05, 4.69) is 21.4 Å². The lowest BCUT2D eigenvalue weighted by Gasteiger charge is -2.11. The van der Waals surface area contributed by atoms with Crippen molar-refractivity contribution in [1.82, 2.24) is 4.68 Å². The molecule has 1 heterocycles. The highest BCUT2D eigenvalue weighted by molar-refractivity contribution is 9.10. The van der Waals surface area contributed by atoms with Gasteiger partial charge in [0.05, 0.1) is 4.47 Å². The van der Waals surface area contributed by atoms with Crippen molar-refractivity contribution in [2.45, 2.75) is 13.8 Å². The van der Waals surface area contributed by atoms with Gasteiger partial charge in [-0.25, -0.2) is 4.39 Å². The van der Waals surface area contributed by atoms with Gasteiger partial charge in [-0.3, -0.25) is 14.9 Å². The summed E-state index contributed by atoms with van der Waals surface area (Å²) in [6, 6.07) is 7.99. The van der Waals surface area contributed by atoms with Crippen LogP contribution in [-0.2, 0) is 0 Å². The van der Waals surface area contributed by atoms with E-state index < -0.39 is 0 Å². The average molecular weight is 311 g/mol. The number of aromatic nitrogens is 1. The molecule has 0 fully saturated rings. The number of rotatable bonds is 2. The second kappa shape index (κ2) is 4.94. The van der Waals surface area contributed by atoms with Crippen LogP contribution in [-0.4, -0.2) is 10.6 Å². The Morgan fingerprint density at radius 2 is 1.83 bits per heavy atom. The van der Waals surface area contributed by atoms with Crippen molar-refractivity contribution in [2.75, 3.05) is 5.43 Å². The fraction of sp³-hybridized carbons (Fsp3) is 0.154. The molecule has 0 saturated carbocycles. The van der Waals surface area contributed by atoms with E-state index >= 15 is 0 Å². The van der Waals surface area contributed by atoms with Gasteiger partial charge in [-0.05, 0) is 60.1 Å². The van der Waals surface area contributed by atoms with Crippen LogP contribution in [0.3, 0.4) is 0 Å². The van der Waals surface area contributed by atoms with Crippen LogP contribution in [0.15, 0.2) is 34.8 Å². The third kappa shape index (κ3) is 2.46. The maximum Gasteiger partial charge on any atom is 0.270 e. The Balaban J connectivity index is 2.25. The summed E-state index contributed by atoms with van der Waals surface area (Å²) in [6.45, 7) is 3.79. The zero-order valence-electron chi connectivity index (χ0n) is 10.00. The standard InChI is InChI=1S/C13H12BrFN2O/c1-8-3-4-9(2)17(8)16-13(18)10-5-6-12(15)11(14)7-10/h3-7H,1-2H3,(H,16,18). The minimum absolute atomic E-state index is 0.274. The summed E-state index contributed by atoms with van der Waals surface area (Å²) >= 11 is 3.06. The Labute approximate surface area is 113 Å². The van der Waals surface area contributed by atoms with Crippen molar-refractivity contribution >= 4 is 21.8 Å². The lowest BCUT2D eigenvalue weighted by Crippen LogP contribution is -2.24. The molecule has 0 aliphatic rings. The van der Waals surface area contributed by atoms with Crippen LogP contribution < -0.4 is 5.43 Å². The Morgan fingerprint density at radius 3 is 2.39 bits per heavy atom. The lowest BCUT2D eigenvalue weighted by atomic mass is 10.2. The second-order valence-corrected chi connectivity index (χ2v) is 4.88. The first-order valence-electron chi connectivity index (χ1n) is 5.40. The van der Waals surface area contributed by atoms with E-state index in [0.29, 0.717) is 5.56 Å². The Kier molecular flexibility index (Phi) is 3.52. The summed E-state index contributed by atoms with van der Waals surface area (Å²) in [5.74, 6) is -0.669. The molecule has 0 unspecified atom stereocenters. The molecule has 1 amide bonds. The minimum Gasteiger partial charge on any atom is -0.267 e. The molecule has 0 aliphatic carbocycles. The number of halogens is 2. The van der Waals surface area contributed by atoms with E-state index in [1.54, 1.807) is 4.68 Å². The van der Waals surface area contributed by atoms with Crippen LogP contribution in [0.2, 0.25) is 0 Å². The van der Waals surface area contributed by atoms with E-state index in [9.17, 15) is 9.18 Å². The number of nitrogens with one attached hydrogen (secondary N) is 1. The van der Waals surface area contributed by atoms with Gasteiger partial charge in [0.25, 0.3) is 5.91 Å². The highest BCUT2D eigenvalue weighted by Crippen LogP contribution is 2.17. The monoisotopic (exact) mass is 310 g/mol. The van der Waals surface area contributed by atoms with Gasteiger partial charge in [0.2, 0.25) is 0 Å². The predicted octanol–water partition coefficient (Wildman–Crippen LogP) is 3.39. The molecule has 2 aromatic rings. The first-order valence-corrected chi connectivity index (χ1v) is 6.19. The van der Waals surface area contributed by atoms with E-state index in [1.807, 2.05) is 26.0 Å². The maximum atomic E-state index is 13.1. The maximum absolute atomic E-state index is 13.1. The van der Waals surface area contributed by atoms with Crippen LogP contribution in [0.4, 0.5) is 4.39 Å². The quantitative estimate of drug-likeness (QED) is 0.906. The molecule has 0 atom stereocenters. The van der Waals surface area contributed by atoms with Gasteiger partial charge >= 0.3 is 0 Å². The molecule has 0 spiro atoms. The lowest BCUT2D eigenvalue weighted by molar-refractivity contribution is 0.101. The van der Waals surface area contributed by atoms with E-state index in [1.165, 1.54) is 18.2 Å². The van der Waals surface area contributed by atoms with Gasteiger partial charge in [0, 0.05) is 17.0 Å². The predicted molar refractivity (Wildman–Crippen MR) is 71.7 cm³/mol. The van der Waals surface area contributed by atoms with Crippen molar-refractivity contribution in [2.24, 2.45) is 0 Å². The number of carbonyl (C=O) groups is 1. The van der Waals surface area contributed by atoms with Crippen LogP contribution in [0.5, 0.6) is 0 Å². The average Bonchev–Trinajstić information content (AvgIpc) is 2.64. The molecule has 94 valence electrons. The Bertz CT molecular complexity index is 588. The van der Waals surface area contributed by atoms with Crippen LogP contribution in [0, 0.1) is 19.7 Å². The number of aryl methyl sites for hydroxylation is 2. The SMILES string of the molecule is Cc1ccc(C)n1NC(=O)c1ccc(F)c(Br)c1. The molecule has 0 radical (unpaired) electrons. The largest absolute Gasteiger partial charge is 0.270 e. The van der Waals surface area contributed by atoms with Gasteiger partial charge in [-0.1, -0.05) is 0 Å². The summed E-state index contributed by atoms with van der Waals surface area (Å²) in [6.07, 6.45) is 0. The molecule has 2 rings (SSSR count). The number of hydrogen-bond donors (Lipinski definition) is 1. The smallest absolute Gasteiger partial charge is 0.267 e. The summed E-state index contributed by atoms with van der Waals surface area (Å²) in [4.78, 5) is 12.0. The zero-order valence-corrected chi connectivity index (χ0v) is 11.6. The van der Waals surface area contributed by atoms with Gasteiger partial charge in [-0.2, -0.15) is 0 Å². The van der Waals surface area contributed by atoms with E-state index in [4.69, 9.17) is 0 Å². The van der Waals surface area contributed by atoms with Crippen LogP contribution in [0.1, 0.15) is 21.7 Å². The van der Waals surface area contributed by atoms with Crippen molar-refractivity contribution in [1.29, 1.82) is 0 Å². The molecule has 1 aromatic heterocycles. The third-order valence-electron chi connectivity index (χ3n) is 2.67.